The van der Waals surface area contributed by atoms with E-state index in [2.05, 4.69) is 15.2 Å². The van der Waals surface area contributed by atoms with Crippen LogP contribution in [0.3, 0.4) is 0 Å². The quantitative estimate of drug-likeness (QED) is 0.819. The molecule has 1 aromatic carbocycles. The molecule has 0 unspecified atom stereocenters. The molecule has 0 radical (unpaired) electrons. The zero-order valence-electron chi connectivity index (χ0n) is 16.4. The van der Waals surface area contributed by atoms with Crippen LogP contribution in [0.15, 0.2) is 29.3 Å². The number of benzene rings is 1. The van der Waals surface area contributed by atoms with E-state index >= 15 is 0 Å². The zero-order valence-corrected chi connectivity index (χ0v) is 17.2. The Bertz CT molecular complexity index is 812. The van der Waals surface area contributed by atoms with Gasteiger partial charge >= 0.3 is 0 Å². The van der Waals surface area contributed by atoms with Gasteiger partial charge in [0.1, 0.15) is 5.25 Å². The van der Waals surface area contributed by atoms with E-state index in [1.807, 2.05) is 4.90 Å². The molecule has 1 aromatic rings. The van der Waals surface area contributed by atoms with Crippen LogP contribution < -0.4 is 5.32 Å². The lowest BCUT2D eigenvalue weighted by molar-refractivity contribution is -0.121. The molecule has 1 N–H and O–H groups in total. The fraction of sp³-hybridized carbons (Fsp3) is 0.524. The molecule has 4 rings (SSSR count). The summed E-state index contributed by atoms with van der Waals surface area (Å²) < 4.78 is 0. The summed E-state index contributed by atoms with van der Waals surface area (Å²) in [5.74, 6) is -0.405. The van der Waals surface area contributed by atoms with Crippen LogP contribution in [0.4, 0.5) is 5.69 Å². The standard InChI is InChI=1S/C21H26N4O3S/c26-18(14-17-19(27)23-21(29-17)25-12-2-1-3-13-25)22-16-8-6-15(7-9-16)20(28)24-10-4-5-11-24/h6-9,17H,1-5,10-14H2,(H,22,26)/t17-/m1/s1. The molecule has 2 fully saturated rings. The smallest absolute Gasteiger partial charge is 0.262 e. The third-order valence-corrected chi connectivity index (χ3v) is 6.75. The molecule has 0 aromatic heterocycles. The van der Waals surface area contributed by atoms with Gasteiger partial charge < -0.3 is 15.1 Å². The predicted octanol–water partition coefficient (Wildman–Crippen LogP) is 2.74. The number of thioether (sulfide) groups is 1. The second kappa shape index (κ2) is 8.98. The van der Waals surface area contributed by atoms with Crippen LogP contribution in [0.25, 0.3) is 0 Å². The van der Waals surface area contributed by atoms with Crippen molar-refractivity contribution in [3.63, 3.8) is 0 Å². The first kappa shape index (κ1) is 19.9. The minimum absolute atomic E-state index is 0.0377. The van der Waals surface area contributed by atoms with Crippen molar-refractivity contribution in [2.75, 3.05) is 31.5 Å². The summed E-state index contributed by atoms with van der Waals surface area (Å²) in [4.78, 5) is 45.2. The largest absolute Gasteiger partial charge is 0.351 e. The van der Waals surface area contributed by atoms with E-state index in [4.69, 9.17) is 0 Å². The highest BCUT2D eigenvalue weighted by Crippen LogP contribution is 2.29. The summed E-state index contributed by atoms with van der Waals surface area (Å²) in [5.41, 5.74) is 1.26. The first-order chi connectivity index (χ1) is 14.1. The van der Waals surface area contributed by atoms with Crippen LogP contribution in [-0.4, -0.2) is 64.1 Å². The first-order valence-corrected chi connectivity index (χ1v) is 11.2. The van der Waals surface area contributed by atoms with Gasteiger partial charge in [-0.2, -0.15) is 4.99 Å². The Morgan fingerprint density at radius 2 is 1.66 bits per heavy atom. The Hall–Kier alpha value is -2.35. The molecule has 3 aliphatic heterocycles. The van der Waals surface area contributed by atoms with Gasteiger partial charge in [-0.15, -0.1) is 0 Å². The number of carbonyl (C=O) groups excluding carboxylic acids is 3. The fourth-order valence-corrected chi connectivity index (χ4v) is 5.03. The summed E-state index contributed by atoms with van der Waals surface area (Å²) in [7, 11) is 0. The van der Waals surface area contributed by atoms with Gasteiger partial charge in [0.15, 0.2) is 5.17 Å². The van der Waals surface area contributed by atoms with Gasteiger partial charge in [0, 0.05) is 43.9 Å². The van der Waals surface area contributed by atoms with Gasteiger partial charge in [-0.25, -0.2) is 0 Å². The number of nitrogens with zero attached hydrogens (tertiary/aromatic N) is 3. The highest BCUT2D eigenvalue weighted by molar-refractivity contribution is 8.15. The molecule has 0 saturated carbocycles. The molecule has 7 nitrogen and oxygen atoms in total. The van der Waals surface area contributed by atoms with Crippen molar-refractivity contribution in [2.24, 2.45) is 4.99 Å². The molecule has 2 saturated heterocycles. The van der Waals surface area contributed by atoms with Crippen LogP contribution in [0, 0.1) is 0 Å². The summed E-state index contributed by atoms with van der Waals surface area (Å²) in [6, 6.07) is 6.95. The van der Waals surface area contributed by atoms with E-state index in [9.17, 15) is 14.4 Å². The van der Waals surface area contributed by atoms with Gasteiger partial charge in [0.2, 0.25) is 5.91 Å². The van der Waals surface area contributed by atoms with E-state index in [1.165, 1.54) is 18.2 Å². The predicted molar refractivity (Wildman–Crippen MR) is 114 cm³/mol. The normalized spacial score (nSPS) is 22.0. The van der Waals surface area contributed by atoms with Crippen LogP contribution >= 0.6 is 11.8 Å². The van der Waals surface area contributed by atoms with E-state index in [0.717, 1.165) is 57.0 Å². The second-order valence-electron chi connectivity index (χ2n) is 7.72. The monoisotopic (exact) mass is 414 g/mol. The Morgan fingerprint density at radius 1 is 1.00 bits per heavy atom. The number of hydrogen-bond donors (Lipinski definition) is 1. The van der Waals surface area contributed by atoms with Crippen molar-refractivity contribution < 1.29 is 14.4 Å². The molecule has 154 valence electrons. The number of anilines is 1. The van der Waals surface area contributed by atoms with Crippen molar-refractivity contribution in [1.82, 2.24) is 9.80 Å². The van der Waals surface area contributed by atoms with Crippen LogP contribution in [0.1, 0.15) is 48.9 Å². The maximum Gasteiger partial charge on any atom is 0.262 e. The fourth-order valence-electron chi connectivity index (χ4n) is 3.91. The topological polar surface area (TPSA) is 82.1 Å². The summed E-state index contributed by atoms with van der Waals surface area (Å²) in [6.07, 6.45) is 5.67. The highest BCUT2D eigenvalue weighted by atomic mass is 32.2. The van der Waals surface area contributed by atoms with Crippen molar-refractivity contribution in [3.8, 4) is 0 Å². The molecule has 8 heteroatoms. The van der Waals surface area contributed by atoms with E-state index in [-0.39, 0.29) is 24.1 Å². The summed E-state index contributed by atoms with van der Waals surface area (Å²) in [5, 5.41) is 3.13. The minimum atomic E-state index is -0.456. The average molecular weight is 415 g/mol. The number of amidine groups is 1. The van der Waals surface area contributed by atoms with Crippen molar-refractivity contribution >= 4 is 40.3 Å². The average Bonchev–Trinajstić information content (AvgIpc) is 3.39. The third-order valence-electron chi connectivity index (χ3n) is 5.54. The van der Waals surface area contributed by atoms with Crippen molar-refractivity contribution in [3.05, 3.63) is 29.8 Å². The number of aliphatic imine (C=N–C) groups is 1. The van der Waals surface area contributed by atoms with E-state index < -0.39 is 5.25 Å². The molecule has 1 atom stereocenters. The summed E-state index contributed by atoms with van der Waals surface area (Å²) >= 11 is 1.40. The SMILES string of the molecule is O=C(C[C@H]1SC(N2CCCCC2)=NC1=O)Nc1ccc(C(=O)N2CCCC2)cc1. The number of hydrogen-bond acceptors (Lipinski definition) is 5. The molecule has 3 aliphatic rings. The Morgan fingerprint density at radius 3 is 2.34 bits per heavy atom. The molecule has 3 heterocycles. The lowest BCUT2D eigenvalue weighted by Gasteiger charge is -2.27. The van der Waals surface area contributed by atoms with Gasteiger partial charge in [-0.3, -0.25) is 14.4 Å². The minimum Gasteiger partial charge on any atom is -0.351 e. The maximum absolute atomic E-state index is 12.4. The number of likely N-dealkylation sites (tertiary alicyclic amines) is 2. The van der Waals surface area contributed by atoms with E-state index in [0.29, 0.717) is 11.3 Å². The Balaban J connectivity index is 1.28. The molecule has 0 spiro atoms. The van der Waals surface area contributed by atoms with Gasteiger partial charge in [0.05, 0.1) is 0 Å². The number of amides is 3. The van der Waals surface area contributed by atoms with Gasteiger partial charge in [0.25, 0.3) is 11.8 Å². The van der Waals surface area contributed by atoms with Gasteiger partial charge in [-0.1, -0.05) is 11.8 Å². The number of piperidine rings is 1. The first-order valence-electron chi connectivity index (χ1n) is 10.3. The van der Waals surface area contributed by atoms with Crippen molar-refractivity contribution in [2.45, 2.75) is 43.8 Å². The lowest BCUT2D eigenvalue weighted by Crippen LogP contribution is -2.33. The molecule has 0 bridgehead atoms. The molecule has 3 amide bonds. The van der Waals surface area contributed by atoms with Crippen molar-refractivity contribution in [1.29, 1.82) is 0 Å². The van der Waals surface area contributed by atoms with Crippen LogP contribution in [0.2, 0.25) is 0 Å². The molecule has 29 heavy (non-hydrogen) atoms. The number of carbonyl (C=O) groups is 3. The third kappa shape index (κ3) is 4.80. The molecule has 0 aliphatic carbocycles. The lowest BCUT2D eigenvalue weighted by atomic mass is 10.1. The zero-order chi connectivity index (χ0) is 20.2. The van der Waals surface area contributed by atoms with E-state index in [1.54, 1.807) is 24.3 Å². The number of nitrogens with one attached hydrogen (secondary N) is 1. The van der Waals surface area contributed by atoms with Gasteiger partial charge in [-0.05, 0) is 56.4 Å². The molecular formula is C21H26N4O3S. The highest BCUT2D eigenvalue weighted by Gasteiger charge is 2.33. The molecular weight excluding hydrogens is 388 g/mol. The maximum atomic E-state index is 12.4. The Labute approximate surface area is 174 Å². The van der Waals surface area contributed by atoms with Crippen LogP contribution in [-0.2, 0) is 9.59 Å². The Kier molecular flexibility index (Phi) is 6.18. The second-order valence-corrected chi connectivity index (χ2v) is 8.89. The van der Waals surface area contributed by atoms with Crippen LogP contribution in [0.5, 0.6) is 0 Å². The number of rotatable bonds is 4. The summed E-state index contributed by atoms with van der Waals surface area (Å²) in [6.45, 7) is 3.48.